The Morgan fingerprint density at radius 3 is 1.93 bits per heavy atom. The maximum atomic E-state index is 5.60. The van der Waals surface area contributed by atoms with Crippen molar-refractivity contribution in [3.63, 3.8) is 0 Å². The van der Waals surface area contributed by atoms with Crippen LogP contribution in [0.25, 0.3) is 0 Å². The molecule has 2 nitrogen and oxygen atoms in total. The number of hydrogen-bond acceptors (Lipinski definition) is 2. The minimum absolute atomic E-state index is 0.0594. The highest BCUT2D eigenvalue weighted by Gasteiger charge is 2.30. The molecule has 0 aromatic rings. The number of rotatable bonds is 6. The highest BCUT2D eigenvalue weighted by atomic mass is 28.3. The molecule has 0 heterocycles. The number of methoxy groups -OCH3 is 1. The molecule has 0 saturated carbocycles. The van der Waals surface area contributed by atoms with Crippen LogP contribution in [0.15, 0.2) is 0 Å². The Morgan fingerprint density at radius 2 is 1.67 bits per heavy atom. The van der Waals surface area contributed by atoms with Gasteiger partial charge in [-0.05, 0) is 32.4 Å². The molecule has 0 aromatic heterocycles. The Morgan fingerprint density at radius 1 is 1.20 bits per heavy atom. The van der Waals surface area contributed by atoms with Gasteiger partial charge in [0.05, 0.1) is 5.60 Å². The van der Waals surface area contributed by atoms with Crippen LogP contribution in [0.2, 0.25) is 25.7 Å². The van der Waals surface area contributed by atoms with Gasteiger partial charge in [-0.3, -0.25) is 0 Å². The predicted octanol–water partition coefficient (Wildman–Crippen LogP) is 3.49. The summed E-state index contributed by atoms with van der Waals surface area (Å²) in [4.78, 5) is 0. The Bertz CT molecular complexity index is 145. The second kappa shape index (κ2) is 8.31. The molecule has 0 rings (SSSR count). The zero-order valence-corrected chi connectivity index (χ0v) is 12.8. The van der Waals surface area contributed by atoms with Crippen molar-refractivity contribution >= 4 is 8.07 Å². The van der Waals surface area contributed by atoms with Crippen molar-refractivity contribution < 1.29 is 4.74 Å². The predicted molar refractivity (Wildman–Crippen MR) is 73.2 cm³/mol. The lowest BCUT2D eigenvalue weighted by Crippen LogP contribution is -2.37. The van der Waals surface area contributed by atoms with Crippen LogP contribution >= 0.6 is 0 Å². The molecule has 0 aromatic carbocycles. The van der Waals surface area contributed by atoms with Crippen molar-refractivity contribution in [2.75, 3.05) is 13.7 Å². The van der Waals surface area contributed by atoms with Gasteiger partial charge in [0.2, 0.25) is 0 Å². The smallest absolute Gasteiger partial charge is 0.0628 e. The molecular weight excluding hydrogens is 202 g/mol. The molecule has 2 N–H and O–H groups in total. The normalized spacial score (nSPS) is 15.2. The van der Waals surface area contributed by atoms with Crippen LogP contribution in [-0.4, -0.2) is 27.3 Å². The zero-order valence-electron chi connectivity index (χ0n) is 11.8. The summed E-state index contributed by atoms with van der Waals surface area (Å²) in [6.07, 6.45) is 2.15. The lowest BCUT2D eigenvalue weighted by atomic mass is 10.0. The van der Waals surface area contributed by atoms with Gasteiger partial charge < -0.3 is 10.5 Å². The van der Waals surface area contributed by atoms with Gasteiger partial charge in [0.1, 0.15) is 0 Å². The van der Waals surface area contributed by atoms with Gasteiger partial charge in [0, 0.05) is 15.2 Å². The Balaban J connectivity index is 0. The maximum Gasteiger partial charge on any atom is 0.0628 e. The minimum atomic E-state index is -1.03. The van der Waals surface area contributed by atoms with E-state index in [4.69, 9.17) is 10.5 Å². The first-order valence-corrected chi connectivity index (χ1v) is 9.79. The topological polar surface area (TPSA) is 35.2 Å². The average Bonchev–Trinajstić information content (AvgIpc) is 2.15. The van der Waals surface area contributed by atoms with Crippen LogP contribution in [0, 0.1) is 0 Å². The van der Waals surface area contributed by atoms with E-state index in [2.05, 4.69) is 26.6 Å². The van der Waals surface area contributed by atoms with Gasteiger partial charge in [-0.2, -0.15) is 0 Å². The number of hydrogen-bond donors (Lipinski definition) is 1. The molecule has 15 heavy (non-hydrogen) atoms. The third-order valence-corrected chi connectivity index (χ3v) is 4.12. The van der Waals surface area contributed by atoms with Crippen LogP contribution in [0.4, 0.5) is 0 Å². The van der Waals surface area contributed by atoms with E-state index in [-0.39, 0.29) is 5.60 Å². The van der Waals surface area contributed by atoms with E-state index in [1.807, 2.05) is 21.0 Å². The van der Waals surface area contributed by atoms with Crippen molar-refractivity contribution in [1.29, 1.82) is 0 Å². The van der Waals surface area contributed by atoms with Gasteiger partial charge in [0.25, 0.3) is 0 Å². The van der Waals surface area contributed by atoms with Crippen LogP contribution in [0.3, 0.4) is 0 Å². The molecule has 0 aliphatic heterocycles. The highest BCUT2D eigenvalue weighted by Crippen LogP contribution is 2.27. The third-order valence-electron chi connectivity index (χ3n) is 2.31. The van der Waals surface area contributed by atoms with Crippen LogP contribution in [-0.2, 0) is 4.74 Å². The molecule has 0 aliphatic rings. The summed E-state index contributed by atoms with van der Waals surface area (Å²) >= 11 is 0. The fraction of sp³-hybridized carbons (Fsp3) is 1.00. The molecule has 1 unspecified atom stereocenters. The summed E-state index contributed by atoms with van der Waals surface area (Å²) in [6.45, 7) is 14.1. The van der Waals surface area contributed by atoms with Crippen LogP contribution in [0.1, 0.15) is 33.6 Å². The molecular formula is C12H31NOSi. The van der Waals surface area contributed by atoms with Crippen molar-refractivity contribution in [3.8, 4) is 0 Å². The standard InChI is InChI=1S/C10H25NOSi.C2H6/c1-10(12-2,7-6-8-11)9-13(3,4)5;1-2/h6-9,11H2,1-5H3;1-2H3. The minimum Gasteiger partial charge on any atom is -0.379 e. The van der Waals surface area contributed by atoms with E-state index < -0.39 is 8.07 Å². The van der Waals surface area contributed by atoms with Gasteiger partial charge >= 0.3 is 0 Å². The van der Waals surface area contributed by atoms with Crippen molar-refractivity contribution in [1.82, 2.24) is 0 Å². The summed E-state index contributed by atoms with van der Waals surface area (Å²) in [5.41, 5.74) is 5.57. The first-order chi connectivity index (χ1) is 6.83. The summed E-state index contributed by atoms with van der Waals surface area (Å²) in [7, 11) is 0.787. The Hall–Kier alpha value is 0.137. The molecule has 0 spiro atoms. The molecule has 0 amide bonds. The largest absolute Gasteiger partial charge is 0.379 e. The van der Waals surface area contributed by atoms with Crippen LogP contribution < -0.4 is 5.73 Å². The summed E-state index contributed by atoms with van der Waals surface area (Å²) in [5, 5.41) is 0. The second-order valence-corrected chi connectivity index (χ2v) is 10.8. The summed E-state index contributed by atoms with van der Waals surface area (Å²) < 4.78 is 5.60. The Kier molecular flexibility index (Phi) is 9.71. The van der Waals surface area contributed by atoms with Crippen LogP contribution in [0.5, 0.6) is 0 Å². The first kappa shape index (κ1) is 17.5. The Labute approximate surface area is 97.6 Å². The van der Waals surface area contributed by atoms with Crippen molar-refractivity contribution in [3.05, 3.63) is 0 Å². The van der Waals surface area contributed by atoms with Gasteiger partial charge in [-0.25, -0.2) is 0 Å². The molecule has 0 fully saturated rings. The molecule has 1 atom stereocenters. The second-order valence-electron chi connectivity index (χ2n) is 5.28. The fourth-order valence-corrected chi connectivity index (χ4v) is 4.43. The molecule has 0 bridgehead atoms. The SMILES string of the molecule is CC.COC(C)(CCCN)C[Si](C)(C)C. The van der Waals surface area contributed by atoms with E-state index >= 15 is 0 Å². The average molecular weight is 233 g/mol. The van der Waals surface area contributed by atoms with E-state index in [1.165, 1.54) is 6.04 Å². The molecule has 0 saturated heterocycles. The third kappa shape index (κ3) is 10.4. The van der Waals surface area contributed by atoms with E-state index in [0.29, 0.717) is 0 Å². The van der Waals surface area contributed by atoms with E-state index in [0.717, 1.165) is 19.4 Å². The monoisotopic (exact) mass is 233 g/mol. The molecule has 0 radical (unpaired) electrons. The first-order valence-electron chi connectivity index (χ1n) is 6.08. The number of nitrogens with two attached hydrogens (primary N) is 1. The van der Waals surface area contributed by atoms with Gasteiger partial charge in [0.15, 0.2) is 0 Å². The molecule has 94 valence electrons. The van der Waals surface area contributed by atoms with Crippen molar-refractivity contribution in [2.24, 2.45) is 5.73 Å². The fourth-order valence-electron chi connectivity index (χ4n) is 1.86. The van der Waals surface area contributed by atoms with Gasteiger partial charge in [-0.1, -0.05) is 33.5 Å². The quantitative estimate of drug-likeness (QED) is 0.713. The number of ether oxygens (including phenoxy) is 1. The summed E-state index contributed by atoms with van der Waals surface area (Å²) in [6, 6.07) is 1.22. The highest BCUT2D eigenvalue weighted by molar-refractivity contribution is 6.76. The zero-order chi connectivity index (χ0) is 12.5. The lowest BCUT2D eigenvalue weighted by molar-refractivity contribution is 0.0133. The molecule has 3 heteroatoms. The lowest BCUT2D eigenvalue weighted by Gasteiger charge is -2.33. The van der Waals surface area contributed by atoms with E-state index in [1.54, 1.807) is 0 Å². The van der Waals surface area contributed by atoms with E-state index in [9.17, 15) is 0 Å². The molecule has 0 aliphatic carbocycles. The maximum absolute atomic E-state index is 5.60. The summed E-state index contributed by atoms with van der Waals surface area (Å²) in [5.74, 6) is 0. The van der Waals surface area contributed by atoms with Crippen molar-refractivity contribution in [2.45, 2.75) is 64.9 Å². The van der Waals surface area contributed by atoms with Gasteiger partial charge in [-0.15, -0.1) is 0 Å².